The summed E-state index contributed by atoms with van der Waals surface area (Å²) in [5.41, 5.74) is 0. The molecule has 0 aromatic rings. The molecule has 0 unspecified atom stereocenters. The van der Waals surface area contributed by atoms with Crippen molar-refractivity contribution in [2.45, 2.75) is 5.25 Å². The van der Waals surface area contributed by atoms with Crippen molar-refractivity contribution >= 4 is 23.7 Å². The first-order valence-electron chi connectivity index (χ1n) is 3.70. The van der Waals surface area contributed by atoms with E-state index in [1.165, 1.54) is 11.8 Å². The van der Waals surface area contributed by atoms with E-state index in [9.17, 15) is 9.59 Å². The zero-order chi connectivity index (χ0) is 8.88. The molecule has 2 aliphatic rings. The van der Waals surface area contributed by atoms with E-state index in [4.69, 9.17) is 10.2 Å². The Morgan fingerprint density at radius 1 is 1.25 bits per heavy atom. The fourth-order valence-corrected chi connectivity index (χ4v) is 3.66. The van der Waals surface area contributed by atoms with Crippen LogP contribution in [0.15, 0.2) is 0 Å². The van der Waals surface area contributed by atoms with Gasteiger partial charge in [0.15, 0.2) is 0 Å². The summed E-state index contributed by atoms with van der Waals surface area (Å²) in [6.07, 6.45) is 0. The molecule has 1 aliphatic heterocycles. The number of aliphatic carboxylic acids is 2. The minimum Gasteiger partial charge on any atom is -0.481 e. The second kappa shape index (κ2) is 2.39. The third-order valence-corrected chi connectivity index (χ3v) is 4.09. The van der Waals surface area contributed by atoms with E-state index in [0.29, 0.717) is 5.75 Å². The number of fused-ring (bicyclic) bond motifs is 1. The Bertz CT molecular complexity index is 252. The van der Waals surface area contributed by atoms with Crippen LogP contribution in [0.2, 0.25) is 0 Å². The largest absolute Gasteiger partial charge is 0.481 e. The van der Waals surface area contributed by atoms with E-state index in [1.807, 2.05) is 0 Å². The summed E-state index contributed by atoms with van der Waals surface area (Å²) in [7, 11) is 0. The summed E-state index contributed by atoms with van der Waals surface area (Å²) in [5, 5.41) is 17.4. The van der Waals surface area contributed by atoms with Gasteiger partial charge in [0.25, 0.3) is 0 Å². The number of hydrogen-bond donors (Lipinski definition) is 2. The van der Waals surface area contributed by atoms with Gasteiger partial charge in [0.2, 0.25) is 0 Å². The second-order valence-electron chi connectivity index (χ2n) is 3.18. The highest BCUT2D eigenvalue weighted by Crippen LogP contribution is 2.59. The molecule has 2 rings (SSSR count). The van der Waals surface area contributed by atoms with Crippen LogP contribution in [-0.4, -0.2) is 33.2 Å². The quantitative estimate of drug-likeness (QED) is 0.644. The molecule has 0 amide bonds. The first kappa shape index (κ1) is 7.91. The number of carboxylic acids is 2. The van der Waals surface area contributed by atoms with Crippen LogP contribution < -0.4 is 0 Å². The molecule has 2 N–H and O–H groups in total. The predicted octanol–water partition coefficient (Wildman–Crippen LogP) is 0.133. The van der Waals surface area contributed by atoms with Crippen LogP contribution in [0, 0.1) is 17.8 Å². The van der Waals surface area contributed by atoms with Gasteiger partial charge in [0, 0.05) is 11.0 Å². The molecule has 0 spiro atoms. The first-order valence-corrected chi connectivity index (χ1v) is 4.75. The van der Waals surface area contributed by atoms with Gasteiger partial charge in [-0.3, -0.25) is 9.59 Å². The van der Waals surface area contributed by atoms with Crippen LogP contribution in [0.4, 0.5) is 0 Å². The molecule has 0 aromatic carbocycles. The topological polar surface area (TPSA) is 74.6 Å². The lowest BCUT2D eigenvalue weighted by Gasteiger charge is -2.05. The van der Waals surface area contributed by atoms with Crippen molar-refractivity contribution in [2.24, 2.45) is 17.8 Å². The summed E-state index contributed by atoms with van der Waals surface area (Å²) in [6.45, 7) is 0. The molecule has 1 aliphatic carbocycles. The van der Waals surface area contributed by atoms with Gasteiger partial charge in [0.05, 0.1) is 11.8 Å². The van der Waals surface area contributed by atoms with Crippen LogP contribution in [0.5, 0.6) is 0 Å². The molecular weight excluding hydrogens is 180 g/mol. The number of carboxylic acid groups (broad SMARTS) is 2. The zero-order valence-corrected chi connectivity index (χ0v) is 6.95. The molecule has 1 saturated heterocycles. The lowest BCUT2D eigenvalue weighted by Crippen LogP contribution is -2.19. The van der Waals surface area contributed by atoms with Crippen molar-refractivity contribution in [3.63, 3.8) is 0 Å². The van der Waals surface area contributed by atoms with Crippen molar-refractivity contribution in [1.29, 1.82) is 0 Å². The summed E-state index contributed by atoms with van der Waals surface area (Å²) >= 11 is 1.48. The van der Waals surface area contributed by atoms with E-state index in [-0.39, 0.29) is 11.2 Å². The minimum atomic E-state index is -0.848. The lowest BCUT2D eigenvalue weighted by atomic mass is 10.1. The molecule has 0 aromatic heterocycles. The van der Waals surface area contributed by atoms with Crippen LogP contribution in [0.1, 0.15) is 0 Å². The first-order chi connectivity index (χ1) is 5.63. The van der Waals surface area contributed by atoms with Gasteiger partial charge in [-0.1, -0.05) is 0 Å². The third-order valence-electron chi connectivity index (χ3n) is 2.54. The molecule has 2 fully saturated rings. The van der Waals surface area contributed by atoms with Gasteiger partial charge < -0.3 is 10.2 Å². The Morgan fingerprint density at radius 2 is 1.92 bits per heavy atom. The average Bonchev–Trinajstić information content (AvgIpc) is 2.52. The van der Waals surface area contributed by atoms with Crippen molar-refractivity contribution in [3.05, 3.63) is 0 Å². The number of hydrogen-bond acceptors (Lipinski definition) is 3. The lowest BCUT2D eigenvalue weighted by molar-refractivity contribution is -0.142. The minimum absolute atomic E-state index is 0.0728. The Hall–Kier alpha value is -0.710. The van der Waals surface area contributed by atoms with Crippen molar-refractivity contribution in [1.82, 2.24) is 0 Å². The van der Waals surface area contributed by atoms with Gasteiger partial charge >= 0.3 is 11.9 Å². The highest BCUT2D eigenvalue weighted by atomic mass is 32.2. The smallest absolute Gasteiger partial charge is 0.307 e. The molecule has 0 radical (unpaired) electrons. The average molecular weight is 188 g/mol. The fourth-order valence-electron chi connectivity index (χ4n) is 1.87. The Kier molecular flexibility index (Phi) is 1.57. The maximum atomic E-state index is 10.6. The third kappa shape index (κ3) is 0.924. The molecule has 4 nitrogen and oxygen atoms in total. The summed E-state index contributed by atoms with van der Waals surface area (Å²) in [5.74, 6) is -2.05. The van der Waals surface area contributed by atoms with Gasteiger partial charge in [-0.2, -0.15) is 11.8 Å². The van der Waals surface area contributed by atoms with Gasteiger partial charge in [-0.15, -0.1) is 0 Å². The normalized spacial score (nSPS) is 43.7. The maximum Gasteiger partial charge on any atom is 0.307 e. The van der Waals surface area contributed by atoms with Crippen molar-refractivity contribution in [3.8, 4) is 0 Å². The Balaban J connectivity index is 2.07. The summed E-state index contributed by atoms with van der Waals surface area (Å²) in [6, 6.07) is 0. The molecule has 4 atom stereocenters. The summed E-state index contributed by atoms with van der Waals surface area (Å²) in [4.78, 5) is 21.1. The molecule has 0 bridgehead atoms. The number of carbonyl (C=O) groups is 2. The van der Waals surface area contributed by atoms with Crippen LogP contribution in [0.25, 0.3) is 0 Å². The number of rotatable bonds is 2. The molecule has 12 heavy (non-hydrogen) atoms. The van der Waals surface area contributed by atoms with Crippen molar-refractivity contribution in [2.75, 3.05) is 5.75 Å². The van der Waals surface area contributed by atoms with Crippen LogP contribution in [0.3, 0.4) is 0 Å². The standard InChI is InChI=1S/C7H8O4S/c8-6(9)2-1-12-5-3(2)4(5)7(10)11/h2-5H,1H2,(H,8,9)(H,10,11)/t2-,3-,4+,5+/m0/s1. The fraction of sp³-hybridized carbons (Fsp3) is 0.714. The second-order valence-corrected chi connectivity index (χ2v) is 4.40. The molecular formula is C7H8O4S. The Labute approximate surface area is 73.0 Å². The summed E-state index contributed by atoms with van der Waals surface area (Å²) < 4.78 is 0. The SMILES string of the molecule is O=C(O)[C@H]1[C@@H]2SC[C@H](C(=O)O)[C@H]21. The van der Waals surface area contributed by atoms with Crippen LogP contribution >= 0.6 is 11.8 Å². The van der Waals surface area contributed by atoms with E-state index in [2.05, 4.69) is 0 Å². The van der Waals surface area contributed by atoms with Gasteiger partial charge in [-0.25, -0.2) is 0 Å². The Morgan fingerprint density at radius 3 is 2.33 bits per heavy atom. The molecule has 1 saturated carbocycles. The van der Waals surface area contributed by atoms with Crippen molar-refractivity contribution < 1.29 is 19.8 Å². The van der Waals surface area contributed by atoms with E-state index < -0.39 is 23.8 Å². The number of thioether (sulfide) groups is 1. The van der Waals surface area contributed by atoms with Gasteiger partial charge in [-0.05, 0) is 5.92 Å². The zero-order valence-electron chi connectivity index (χ0n) is 6.14. The molecule has 5 heteroatoms. The highest BCUT2D eigenvalue weighted by molar-refractivity contribution is 8.00. The molecule has 1 heterocycles. The van der Waals surface area contributed by atoms with E-state index in [1.54, 1.807) is 0 Å². The monoisotopic (exact) mass is 188 g/mol. The maximum absolute atomic E-state index is 10.6. The molecule has 66 valence electrons. The highest BCUT2D eigenvalue weighted by Gasteiger charge is 2.64. The van der Waals surface area contributed by atoms with E-state index in [0.717, 1.165) is 0 Å². The van der Waals surface area contributed by atoms with E-state index >= 15 is 0 Å². The van der Waals surface area contributed by atoms with Crippen LogP contribution in [-0.2, 0) is 9.59 Å². The predicted molar refractivity (Wildman–Crippen MR) is 42.0 cm³/mol. The van der Waals surface area contributed by atoms with Gasteiger partial charge in [0.1, 0.15) is 0 Å².